The van der Waals surface area contributed by atoms with E-state index in [1.165, 1.54) is 0 Å². The van der Waals surface area contributed by atoms with Crippen LogP contribution in [0.15, 0.2) is 29.2 Å². The maximum absolute atomic E-state index is 12.8. The Morgan fingerprint density at radius 2 is 1.95 bits per heavy atom. The summed E-state index contributed by atoms with van der Waals surface area (Å²) in [7, 11) is -1.32. The monoisotopic (exact) mass is 309 g/mol. The van der Waals surface area contributed by atoms with Crippen LogP contribution in [0.1, 0.15) is 19.3 Å². The molecule has 0 aromatic heterocycles. The van der Waals surface area contributed by atoms with Crippen molar-refractivity contribution in [2.24, 2.45) is 5.92 Å². The molecule has 2 saturated heterocycles. The van der Waals surface area contributed by atoms with Crippen LogP contribution in [-0.2, 0) is 10.0 Å². The van der Waals surface area contributed by atoms with Gasteiger partial charge in [-0.2, -0.15) is 4.31 Å². The molecule has 0 spiro atoms. The van der Waals surface area contributed by atoms with E-state index in [2.05, 4.69) is 11.9 Å². The quantitative estimate of drug-likeness (QED) is 0.838. The van der Waals surface area contributed by atoms with Gasteiger partial charge in [0.05, 0.1) is 5.69 Å². The van der Waals surface area contributed by atoms with Gasteiger partial charge in [0, 0.05) is 19.1 Å². The molecule has 2 unspecified atom stereocenters. The van der Waals surface area contributed by atoms with Gasteiger partial charge in [-0.3, -0.25) is 0 Å². The molecular formula is C15H23N3O2S. The predicted octanol–water partition coefficient (Wildman–Crippen LogP) is 1.37. The summed E-state index contributed by atoms with van der Waals surface area (Å²) < 4.78 is 27.2. The van der Waals surface area contributed by atoms with E-state index >= 15 is 0 Å². The minimum Gasteiger partial charge on any atom is -0.398 e. The fourth-order valence-corrected chi connectivity index (χ4v) is 5.32. The summed E-state index contributed by atoms with van der Waals surface area (Å²) in [5, 5.41) is 0. The molecule has 2 aliphatic rings. The molecule has 2 fully saturated rings. The van der Waals surface area contributed by atoms with Crippen molar-refractivity contribution in [3.05, 3.63) is 24.3 Å². The second-order valence-electron chi connectivity index (χ2n) is 6.14. The van der Waals surface area contributed by atoms with Gasteiger partial charge in [-0.05, 0) is 50.9 Å². The molecule has 2 aliphatic heterocycles. The number of fused-ring (bicyclic) bond motifs is 1. The van der Waals surface area contributed by atoms with E-state index in [1.54, 1.807) is 28.6 Å². The van der Waals surface area contributed by atoms with Crippen molar-refractivity contribution >= 4 is 15.7 Å². The highest BCUT2D eigenvalue weighted by Gasteiger charge is 2.38. The first-order chi connectivity index (χ1) is 10.00. The maximum Gasteiger partial charge on any atom is 0.245 e. The molecule has 21 heavy (non-hydrogen) atoms. The van der Waals surface area contributed by atoms with Crippen LogP contribution in [-0.4, -0.2) is 50.3 Å². The number of nitrogens with zero attached hydrogens (tertiary/aromatic N) is 2. The fraction of sp³-hybridized carbons (Fsp3) is 0.600. The van der Waals surface area contributed by atoms with Crippen LogP contribution >= 0.6 is 0 Å². The highest BCUT2D eigenvalue weighted by Crippen LogP contribution is 2.33. The van der Waals surface area contributed by atoms with Crippen molar-refractivity contribution in [1.82, 2.24) is 9.21 Å². The van der Waals surface area contributed by atoms with Crippen LogP contribution in [0, 0.1) is 5.92 Å². The van der Waals surface area contributed by atoms with E-state index in [9.17, 15) is 8.42 Å². The number of piperidine rings is 2. The molecule has 0 saturated carbocycles. The molecule has 0 radical (unpaired) electrons. The molecule has 116 valence electrons. The van der Waals surface area contributed by atoms with Gasteiger partial charge in [0.2, 0.25) is 10.0 Å². The highest BCUT2D eigenvalue weighted by molar-refractivity contribution is 7.89. The summed E-state index contributed by atoms with van der Waals surface area (Å²) in [6.45, 7) is 2.33. The third kappa shape index (κ3) is 2.67. The van der Waals surface area contributed by atoms with Gasteiger partial charge in [-0.15, -0.1) is 0 Å². The van der Waals surface area contributed by atoms with Crippen molar-refractivity contribution in [3.63, 3.8) is 0 Å². The van der Waals surface area contributed by atoms with Crippen LogP contribution in [0.4, 0.5) is 5.69 Å². The van der Waals surface area contributed by atoms with Crippen LogP contribution in [0.2, 0.25) is 0 Å². The molecule has 0 bridgehead atoms. The van der Waals surface area contributed by atoms with Crippen molar-refractivity contribution in [1.29, 1.82) is 0 Å². The number of hydrogen-bond acceptors (Lipinski definition) is 4. The summed E-state index contributed by atoms with van der Waals surface area (Å²) in [5.41, 5.74) is 6.19. The van der Waals surface area contributed by atoms with Gasteiger partial charge in [0.25, 0.3) is 0 Å². The average molecular weight is 309 g/mol. The Hall–Kier alpha value is -1.11. The summed E-state index contributed by atoms with van der Waals surface area (Å²) in [6.07, 6.45) is 3.18. The van der Waals surface area contributed by atoms with E-state index in [0.29, 0.717) is 30.7 Å². The number of para-hydroxylation sites is 1. The Morgan fingerprint density at radius 1 is 1.19 bits per heavy atom. The third-order valence-corrected chi connectivity index (χ3v) is 6.78. The maximum atomic E-state index is 12.8. The topological polar surface area (TPSA) is 66.6 Å². The van der Waals surface area contributed by atoms with Gasteiger partial charge in [0.15, 0.2) is 0 Å². The normalized spacial score (nSPS) is 28.2. The zero-order chi connectivity index (χ0) is 15.0. The number of anilines is 1. The summed E-state index contributed by atoms with van der Waals surface area (Å²) >= 11 is 0. The van der Waals surface area contributed by atoms with Crippen molar-refractivity contribution in [3.8, 4) is 0 Å². The van der Waals surface area contributed by atoms with Crippen LogP contribution in [0.5, 0.6) is 0 Å². The molecule has 6 heteroatoms. The largest absolute Gasteiger partial charge is 0.398 e. The Bertz CT molecular complexity index is 617. The van der Waals surface area contributed by atoms with Crippen molar-refractivity contribution in [2.75, 3.05) is 32.4 Å². The second kappa shape index (κ2) is 5.59. The smallest absolute Gasteiger partial charge is 0.245 e. The zero-order valence-corrected chi connectivity index (χ0v) is 13.2. The lowest BCUT2D eigenvalue weighted by molar-refractivity contribution is 0.0671. The first-order valence-electron chi connectivity index (χ1n) is 7.55. The minimum atomic E-state index is -3.47. The van der Waals surface area contributed by atoms with Gasteiger partial charge in [-0.1, -0.05) is 12.1 Å². The molecule has 2 N–H and O–H groups in total. The Balaban J connectivity index is 1.83. The zero-order valence-electron chi connectivity index (χ0n) is 12.4. The second-order valence-corrected chi connectivity index (χ2v) is 8.05. The molecule has 0 aliphatic carbocycles. The van der Waals surface area contributed by atoms with Crippen molar-refractivity contribution < 1.29 is 8.42 Å². The molecule has 1 aromatic rings. The molecular weight excluding hydrogens is 286 g/mol. The molecule has 1 aromatic carbocycles. The first-order valence-corrected chi connectivity index (χ1v) is 8.99. The third-order valence-electron chi connectivity index (χ3n) is 4.85. The number of nitrogens with two attached hydrogens (primary N) is 1. The molecule has 5 nitrogen and oxygen atoms in total. The summed E-state index contributed by atoms with van der Waals surface area (Å²) in [4.78, 5) is 2.63. The van der Waals surface area contributed by atoms with Crippen molar-refractivity contribution in [2.45, 2.75) is 30.2 Å². The van der Waals surface area contributed by atoms with E-state index in [0.717, 1.165) is 25.8 Å². The van der Waals surface area contributed by atoms with Gasteiger partial charge >= 0.3 is 0 Å². The number of rotatable bonds is 2. The number of hydrogen-bond donors (Lipinski definition) is 1. The number of likely N-dealkylation sites (tertiary alicyclic amines) is 1. The number of benzene rings is 1. The van der Waals surface area contributed by atoms with E-state index < -0.39 is 10.0 Å². The Morgan fingerprint density at radius 3 is 2.71 bits per heavy atom. The van der Waals surface area contributed by atoms with Gasteiger partial charge < -0.3 is 10.6 Å². The minimum absolute atomic E-state index is 0.243. The van der Waals surface area contributed by atoms with Crippen LogP contribution in [0.25, 0.3) is 0 Å². The standard InChI is InChI=1S/C15H23N3O2S/c1-17-9-4-5-12-11-18(10-8-14(12)17)21(19,20)15-7-3-2-6-13(15)16/h2-3,6-7,12,14H,4-5,8-11,16H2,1H3. The number of nitrogen functional groups attached to an aromatic ring is 1. The van der Waals surface area contributed by atoms with Gasteiger partial charge in [0.1, 0.15) is 4.90 Å². The highest BCUT2D eigenvalue weighted by atomic mass is 32.2. The molecule has 2 heterocycles. The molecule has 0 amide bonds. The first kappa shape index (κ1) is 14.8. The Kier molecular flexibility index (Phi) is 3.94. The van der Waals surface area contributed by atoms with Gasteiger partial charge in [-0.25, -0.2) is 8.42 Å². The van der Waals surface area contributed by atoms with E-state index in [4.69, 9.17) is 5.73 Å². The lowest BCUT2D eigenvalue weighted by Gasteiger charge is -2.45. The molecule has 3 rings (SSSR count). The van der Waals surface area contributed by atoms with E-state index in [-0.39, 0.29) is 4.90 Å². The summed E-state index contributed by atoms with van der Waals surface area (Å²) in [6, 6.07) is 7.26. The van der Waals surface area contributed by atoms with Crippen LogP contribution in [0.3, 0.4) is 0 Å². The average Bonchev–Trinajstić information content (AvgIpc) is 2.47. The summed E-state index contributed by atoms with van der Waals surface area (Å²) in [5.74, 6) is 0.442. The number of sulfonamides is 1. The lowest BCUT2D eigenvalue weighted by atomic mass is 9.85. The Labute approximate surface area is 126 Å². The fourth-order valence-electron chi connectivity index (χ4n) is 3.69. The molecule has 2 atom stereocenters. The SMILES string of the molecule is CN1CCCC2CN(S(=O)(=O)c3ccccc3N)CCC21. The van der Waals surface area contributed by atoms with Crippen LogP contribution < -0.4 is 5.73 Å². The van der Waals surface area contributed by atoms with E-state index in [1.807, 2.05) is 0 Å². The predicted molar refractivity (Wildman–Crippen MR) is 83.4 cm³/mol. The lowest BCUT2D eigenvalue weighted by Crippen LogP contribution is -2.53.